The van der Waals surface area contributed by atoms with E-state index < -0.39 is 0 Å². The predicted octanol–water partition coefficient (Wildman–Crippen LogP) is -0.179. The number of quaternary nitrogens is 1. The summed E-state index contributed by atoms with van der Waals surface area (Å²) in [6, 6.07) is 8.02. The zero-order chi connectivity index (χ0) is 8.27. The lowest BCUT2D eigenvalue weighted by Crippen LogP contribution is -2.73. The maximum atomic E-state index is 5.60. The molecule has 0 aliphatic heterocycles. The first-order valence-electron chi connectivity index (χ1n) is 3.62. The summed E-state index contributed by atoms with van der Waals surface area (Å²) in [5, 5.41) is 3.66. The molecule has 0 heterocycles. The van der Waals surface area contributed by atoms with Gasteiger partial charge in [-0.05, 0) is 6.07 Å². The molecule has 0 aromatic heterocycles. The Morgan fingerprint density at radius 3 is 2.45 bits per heavy atom. The molecule has 11 heavy (non-hydrogen) atoms. The molecule has 0 saturated carbocycles. The number of hydrogen-bond donors (Lipinski definition) is 2. The number of anilines is 1. The standard InChI is InChI=1S/C8H13N3/c1-10-7-5-3-4-6-8(7)11(2)9/h3-6,10H,9H2,1-2H3/p+1. The Hall–Kier alpha value is -1.06. The van der Waals surface area contributed by atoms with Crippen molar-refractivity contribution in [2.45, 2.75) is 0 Å². The molecule has 3 heteroatoms. The maximum Gasteiger partial charge on any atom is 0.154 e. The highest BCUT2D eigenvalue weighted by molar-refractivity contribution is 5.60. The van der Waals surface area contributed by atoms with Gasteiger partial charge in [0.05, 0.1) is 7.05 Å². The Labute approximate surface area is 66.8 Å². The first kappa shape index (κ1) is 8.04. The first-order valence-corrected chi connectivity index (χ1v) is 3.62. The highest BCUT2D eigenvalue weighted by Gasteiger charge is 2.03. The number of hydrogen-bond acceptors (Lipinski definition) is 2. The number of nitrogens with zero attached hydrogens (tertiary/aromatic N) is 1. The third-order valence-electron chi connectivity index (χ3n) is 1.63. The van der Waals surface area contributed by atoms with Crippen LogP contribution in [-0.4, -0.2) is 14.1 Å². The molecular formula is C8H14N3+. The Bertz CT molecular complexity index is 233. The van der Waals surface area contributed by atoms with Crippen LogP contribution in [0.1, 0.15) is 0 Å². The topological polar surface area (TPSA) is 45.9 Å². The van der Waals surface area contributed by atoms with E-state index in [-0.39, 0.29) is 0 Å². The van der Waals surface area contributed by atoms with Crippen molar-refractivity contribution in [3.05, 3.63) is 24.3 Å². The predicted molar refractivity (Wildman–Crippen MR) is 46.5 cm³/mol. The Morgan fingerprint density at radius 1 is 1.36 bits per heavy atom. The average Bonchev–Trinajstić information content (AvgIpc) is 2.04. The summed E-state index contributed by atoms with van der Waals surface area (Å²) < 4.78 is 0. The van der Waals surface area contributed by atoms with Gasteiger partial charge in [0, 0.05) is 13.1 Å². The Balaban J connectivity index is 3.02. The van der Waals surface area contributed by atoms with Crippen LogP contribution in [-0.2, 0) is 0 Å². The van der Waals surface area contributed by atoms with Gasteiger partial charge in [-0.1, -0.05) is 12.1 Å². The summed E-state index contributed by atoms with van der Waals surface area (Å²) in [6.07, 6.45) is 0. The molecule has 0 amide bonds. The van der Waals surface area contributed by atoms with Crippen molar-refractivity contribution < 1.29 is 5.32 Å². The van der Waals surface area contributed by atoms with Crippen LogP contribution in [0.3, 0.4) is 0 Å². The van der Waals surface area contributed by atoms with Gasteiger partial charge in [0.15, 0.2) is 5.69 Å². The Kier molecular flexibility index (Phi) is 2.46. The molecule has 60 valence electrons. The molecule has 0 spiro atoms. The first-order chi connectivity index (χ1) is 5.25. The molecule has 1 aromatic carbocycles. The van der Waals surface area contributed by atoms with E-state index >= 15 is 0 Å². The quantitative estimate of drug-likeness (QED) is 0.351. The number of nitrogens with two attached hydrogens (primary N) is 2. The second-order valence-corrected chi connectivity index (χ2v) is 2.46. The molecule has 1 aromatic rings. The molecule has 0 aliphatic carbocycles. The third kappa shape index (κ3) is 1.69. The molecular weight excluding hydrogens is 138 g/mol. The van der Waals surface area contributed by atoms with E-state index in [4.69, 9.17) is 5.84 Å². The zero-order valence-electron chi connectivity index (χ0n) is 6.91. The number of hydrazine groups is 1. The largest absolute Gasteiger partial charge is 0.314 e. The molecule has 3 nitrogen and oxygen atoms in total. The minimum Gasteiger partial charge on any atom is -0.314 e. The van der Waals surface area contributed by atoms with Crippen LogP contribution in [0.5, 0.6) is 0 Å². The lowest BCUT2D eigenvalue weighted by atomic mass is 10.2. The molecule has 1 rings (SSSR count). The highest BCUT2D eigenvalue weighted by Crippen LogP contribution is 2.16. The van der Waals surface area contributed by atoms with Crippen molar-refractivity contribution in [1.82, 2.24) is 0 Å². The second kappa shape index (κ2) is 3.37. The highest BCUT2D eigenvalue weighted by atomic mass is 15.4. The Morgan fingerprint density at radius 2 is 2.00 bits per heavy atom. The van der Waals surface area contributed by atoms with Gasteiger partial charge >= 0.3 is 0 Å². The van der Waals surface area contributed by atoms with Crippen molar-refractivity contribution in [3.8, 4) is 0 Å². The zero-order valence-corrected chi connectivity index (χ0v) is 6.91. The molecule has 0 atom stereocenters. The molecule has 4 N–H and O–H groups in total. The minimum atomic E-state index is 1.05. The van der Waals surface area contributed by atoms with Crippen molar-refractivity contribution in [2.75, 3.05) is 19.1 Å². The normalized spacial score (nSPS) is 9.73. The lowest BCUT2D eigenvalue weighted by Gasteiger charge is -2.12. The van der Waals surface area contributed by atoms with Gasteiger partial charge in [0.1, 0.15) is 5.69 Å². The van der Waals surface area contributed by atoms with Crippen LogP contribution >= 0.6 is 0 Å². The number of rotatable bonds is 2. The van der Waals surface area contributed by atoms with Crippen molar-refractivity contribution in [3.63, 3.8) is 0 Å². The van der Waals surface area contributed by atoms with E-state index in [2.05, 4.69) is 0 Å². The van der Waals surface area contributed by atoms with Gasteiger partial charge < -0.3 is 10.3 Å². The van der Waals surface area contributed by atoms with E-state index in [0.717, 1.165) is 11.4 Å². The summed E-state index contributed by atoms with van der Waals surface area (Å²) in [4.78, 5) is 0. The van der Waals surface area contributed by atoms with E-state index in [0.29, 0.717) is 0 Å². The second-order valence-electron chi connectivity index (χ2n) is 2.46. The third-order valence-corrected chi connectivity index (χ3v) is 1.63. The van der Waals surface area contributed by atoms with Gasteiger partial charge in [-0.2, -0.15) is 0 Å². The summed E-state index contributed by atoms with van der Waals surface area (Å²) in [5.74, 6) is 5.60. The maximum absolute atomic E-state index is 5.60. The summed E-state index contributed by atoms with van der Waals surface area (Å²) in [5.41, 5.74) is 2.22. The fourth-order valence-electron chi connectivity index (χ4n) is 1.05. The molecule has 0 bridgehead atoms. The van der Waals surface area contributed by atoms with Gasteiger partial charge in [-0.15, -0.1) is 0 Å². The van der Waals surface area contributed by atoms with Crippen LogP contribution < -0.4 is 16.2 Å². The van der Waals surface area contributed by atoms with E-state index in [1.165, 1.54) is 0 Å². The van der Waals surface area contributed by atoms with Gasteiger partial charge in [-0.3, -0.25) is 0 Å². The fraction of sp³-hybridized carbons (Fsp3) is 0.250. The van der Waals surface area contributed by atoms with Gasteiger partial charge in [-0.25, -0.2) is 5.84 Å². The van der Waals surface area contributed by atoms with E-state index in [1.54, 1.807) is 5.01 Å². The SMILES string of the molecule is C[NH2+]c1ccccc1N(C)N. The van der Waals surface area contributed by atoms with E-state index in [1.807, 2.05) is 43.7 Å². The van der Waals surface area contributed by atoms with Crippen LogP contribution in [0, 0.1) is 0 Å². The molecule has 0 aliphatic rings. The number of para-hydroxylation sites is 2. The van der Waals surface area contributed by atoms with Gasteiger partial charge in [0.2, 0.25) is 0 Å². The minimum absolute atomic E-state index is 1.05. The smallest absolute Gasteiger partial charge is 0.154 e. The van der Waals surface area contributed by atoms with Crippen molar-refractivity contribution >= 4 is 11.4 Å². The average molecular weight is 152 g/mol. The lowest BCUT2D eigenvalue weighted by molar-refractivity contribution is -0.538. The van der Waals surface area contributed by atoms with Crippen LogP contribution in [0.4, 0.5) is 11.4 Å². The van der Waals surface area contributed by atoms with Crippen LogP contribution in [0.2, 0.25) is 0 Å². The fourth-order valence-corrected chi connectivity index (χ4v) is 1.05. The van der Waals surface area contributed by atoms with Crippen molar-refractivity contribution in [1.29, 1.82) is 0 Å². The van der Waals surface area contributed by atoms with E-state index in [9.17, 15) is 0 Å². The summed E-state index contributed by atoms with van der Waals surface area (Å²) in [7, 11) is 3.84. The summed E-state index contributed by atoms with van der Waals surface area (Å²) in [6.45, 7) is 0. The molecule has 0 radical (unpaired) electrons. The van der Waals surface area contributed by atoms with Crippen molar-refractivity contribution in [2.24, 2.45) is 5.84 Å². The summed E-state index contributed by atoms with van der Waals surface area (Å²) >= 11 is 0. The van der Waals surface area contributed by atoms with Crippen LogP contribution in [0.25, 0.3) is 0 Å². The molecule has 0 unspecified atom stereocenters. The van der Waals surface area contributed by atoms with Crippen LogP contribution in [0.15, 0.2) is 24.3 Å². The monoisotopic (exact) mass is 152 g/mol. The molecule has 0 fully saturated rings. The number of benzene rings is 1. The molecule has 0 saturated heterocycles. The van der Waals surface area contributed by atoms with Gasteiger partial charge in [0.25, 0.3) is 0 Å².